The molecule has 2 rings (SSSR count). The zero-order chi connectivity index (χ0) is 20.4. The fourth-order valence-electron chi connectivity index (χ4n) is 2.92. The van der Waals surface area contributed by atoms with E-state index < -0.39 is 23.8 Å². The van der Waals surface area contributed by atoms with Crippen molar-refractivity contribution in [2.45, 2.75) is 25.3 Å². The highest BCUT2D eigenvalue weighted by Gasteiger charge is 2.19. The summed E-state index contributed by atoms with van der Waals surface area (Å²) in [5.41, 5.74) is 0.672. The summed E-state index contributed by atoms with van der Waals surface area (Å²) in [6.45, 7) is 2.48. The van der Waals surface area contributed by atoms with Gasteiger partial charge in [0.05, 0.1) is 19.0 Å². The van der Waals surface area contributed by atoms with Gasteiger partial charge in [0.25, 0.3) is 0 Å². The van der Waals surface area contributed by atoms with Gasteiger partial charge in [-0.1, -0.05) is 30.3 Å². The number of aliphatic carboxylic acids is 1. The van der Waals surface area contributed by atoms with E-state index in [1.54, 1.807) is 35.2 Å². The number of piperazine rings is 1. The van der Waals surface area contributed by atoms with E-state index in [1.165, 1.54) is 0 Å². The molecule has 1 fully saturated rings. The molecule has 28 heavy (non-hydrogen) atoms. The second-order valence-corrected chi connectivity index (χ2v) is 6.54. The first-order valence-corrected chi connectivity index (χ1v) is 9.27. The number of carboxylic acid groups (broad SMARTS) is 1. The van der Waals surface area contributed by atoms with Crippen LogP contribution in [0.4, 0.5) is 0 Å². The lowest BCUT2D eigenvalue weighted by molar-refractivity contribution is -0.138. The molecule has 0 bridgehead atoms. The Balaban J connectivity index is 1.74. The van der Waals surface area contributed by atoms with Crippen molar-refractivity contribution in [2.75, 3.05) is 32.7 Å². The predicted molar refractivity (Wildman–Crippen MR) is 101 cm³/mol. The molecule has 4 N–H and O–H groups in total. The maximum absolute atomic E-state index is 12.1. The Labute approximate surface area is 163 Å². The van der Waals surface area contributed by atoms with Crippen molar-refractivity contribution in [3.05, 3.63) is 35.9 Å². The van der Waals surface area contributed by atoms with Crippen molar-refractivity contribution in [3.63, 3.8) is 0 Å². The number of benzene rings is 1. The van der Waals surface area contributed by atoms with Crippen LogP contribution in [0.25, 0.3) is 0 Å². The molecule has 1 aliphatic rings. The number of nitrogens with zero attached hydrogens (tertiary/aromatic N) is 1. The van der Waals surface area contributed by atoms with E-state index in [9.17, 15) is 19.2 Å². The van der Waals surface area contributed by atoms with Gasteiger partial charge in [0, 0.05) is 39.0 Å². The molecule has 1 unspecified atom stereocenters. The molecule has 1 saturated heterocycles. The number of rotatable bonds is 9. The Morgan fingerprint density at radius 3 is 2.36 bits per heavy atom. The average molecular weight is 390 g/mol. The maximum Gasteiger partial charge on any atom is 0.305 e. The van der Waals surface area contributed by atoms with Gasteiger partial charge in [-0.05, 0) is 5.56 Å². The van der Waals surface area contributed by atoms with E-state index >= 15 is 0 Å². The molecule has 152 valence electrons. The fourth-order valence-corrected chi connectivity index (χ4v) is 2.92. The number of hydrogen-bond donors (Lipinski definition) is 4. The SMILES string of the molecule is O=C(O)CC(NC(=O)CNC(=O)CCC(=O)N1CCNCC1)c1ccccc1. The average Bonchev–Trinajstić information content (AvgIpc) is 2.71. The zero-order valence-corrected chi connectivity index (χ0v) is 15.6. The number of hydrogen-bond acceptors (Lipinski definition) is 5. The summed E-state index contributed by atoms with van der Waals surface area (Å²) in [6, 6.07) is 8.09. The number of amides is 3. The summed E-state index contributed by atoms with van der Waals surface area (Å²) in [5, 5.41) is 17.3. The van der Waals surface area contributed by atoms with E-state index in [0.29, 0.717) is 18.7 Å². The van der Waals surface area contributed by atoms with Crippen LogP contribution in [0, 0.1) is 0 Å². The van der Waals surface area contributed by atoms with E-state index in [-0.39, 0.29) is 31.7 Å². The van der Waals surface area contributed by atoms with E-state index in [1.807, 2.05) is 0 Å². The van der Waals surface area contributed by atoms with Gasteiger partial charge in [-0.25, -0.2) is 0 Å². The first kappa shape index (κ1) is 21.4. The normalized spacial score (nSPS) is 14.8. The van der Waals surface area contributed by atoms with Crippen LogP contribution < -0.4 is 16.0 Å². The lowest BCUT2D eigenvalue weighted by atomic mass is 10.0. The minimum Gasteiger partial charge on any atom is -0.481 e. The van der Waals surface area contributed by atoms with Gasteiger partial charge in [0.2, 0.25) is 17.7 Å². The quantitative estimate of drug-likeness (QED) is 0.456. The summed E-state index contributed by atoms with van der Waals surface area (Å²) in [7, 11) is 0. The monoisotopic (exact) mass is 390 g/mol. The number of nitrogens with one attached hydrogen (secondary N) is 3. The van der Waals surface area contributed by atoms with Crippen molar-refractivity contribution in [2.24, 2.45) is 0 Å². The molecular formula is C19H26N4O5. The minimum atomic E-state index is -1.04. The largest absolute Gasteiger partial charge is 0.481 e. The molecular weight excluding hydrogens is 364 g/mol. The topological polar surface area (TPSA) is 128 Å². The van der Waals surface area contributed by atoms with E-state index in [2.05, 4.69) is 16.0 Å². The third kappa shape index (κ3) is 7.36. The van der Waals surface area contributed by atoms with Crippen LogP contribution in [0.3, 0.4) is 0 Å². The highest BCUT2D eigenvalue weighted by atomic mass is 16.4. The molecule has 0 aromatic heterocycles. The third-order valence-corrected chi connectivity index (χ3v) is 4.40. The van der Waals surface area contributed by atoms with E-state index in [0.717, 1.165) is 13.1 Å². The van der Waals surface area contributed by atoms with Crippen LogP contribution in [0.1, 0.15) is 30.9 Å². The Kier molecular flexibility index (Phi) is 8.41. The van der Waals surface area contributed by atoms with Crippen molar-refractivity contribution < 1.29 is 24.3 Å². The molecule has 1 aliphatic heterocycles. The van der Waals surface area contributed by atoms with Crippen molar-refractivity contribution in [1.82, 2.24) is 20.9 Å². The van der Waals surface area contributed by atoms with Gasteiger partial charge in [-0.15, -0.1) is 0 Å². The van der Waals surface area contributed by atoms with Gasteiger partial charge in [-0.2, -0.15) is 0 Å². The molecule has 1 aromatic rings. The second kappa shape index (κ2) is 11.0. The van der Waals surface area contributed by atoms with Crippen LogP contribution in [0.15, 0.2) is 30.3 Å². The van der Waals surface area contributed by atoms with Gasteiger partial charge >= 0.3 is 5.97 Å². The predicted octanol–water partition coefficient (Wildman–Crippen LogP) is -0.353. The molecule has 0 radical (unpaired) electrons. The summed E-state index contributed by atoms with van der Waals surface area (Å²) in [6.07, 6.45) is -0.157. The van der Waals surface area contributed by atoms with Crippen LogP contribution in [0.2, 0.25) is 0 Å². The summed E-state index contributed by atoms with van der Waals surface area (Å²) >= 11 is 0. The molecule has 0 aliphatic carbocycles. The first-order chi connectivity index (χ1) is 13.5. The Bertz CT molecular complexity index is 689. The number of carbonyl (C=O) groups is 4. The van der Waals surface area contributed by atoms with Crippen LogP contribution in [-0.2, 0) is 19.2 Å². The smallest absolute Gasteiger partial charge is 0.305 e. The van der Waals surface area contributed by atoms with Crippen molar-refractivity contribution in [1.29, 1.82) is 0 Å². The third-order valence-electron chi connectivity index (χ3n) is 4.40. The minimum absolute atomic E-state index is 0.00722. The highest BCUT2D eigenvalue weighted by molar-refractivity contribution is 5.87. The molecule has 0 spiro atoms. The Morgan fingerprint density at radius 1 is 1.04 bits per heavy atom. The van der Waals surface area contributed by atoms with Gasteiger partial charge in [0.1, 0.15) is 0 Å². The van der Waals surface area contributed by atoms with Crippen molar-refractivity contribution >= 4 is 23.7 Å². The van der Waals surface area contributed by atoms with Crippen molar-refractivity contribution in [3.8, 4) is 0 Å². The number of carbonyl (C=O) groups excluding carboxylic acids is 3. The maximum atomic E-state index is 12.1. The standard InChI is InChI=1S/C19H26N4O5/c24-16(6-7-18(26)23-10-8-20-9-11-23)21-13-17(25)22-15(12-19(27)28)14-4-2-1-3-5-14/h1-5,15,20H,6-13H2,(H,21,24)(H,22,25)(H,27,28). The van der Waals surface area contributed by atoms with Gasteiger partial charge in [-0.3, -0.25) is 19.2 Å². The van der Waals surface area contributed by atoms with Gasteiger partial charge < -0.3 is 26.0 Å². The lowest BCUT2D eigenvalue weighted by Gasteiger charge is -2.27. The molecule has 1 atom stereocenters. The second-order valence-electron chi connectivity index (χ2n) is 6.54. The Morgan fingerprint density at radius 2 is 1.71 bits per heavy atom. The van der Waals surface area contributed by atoms with E-state index in [4.69, 9.17) is 5.11 Å². The molecule has 1 heterocycles. The molecule has 1 aromatic carbocycles. The molecule has 3 amide bonds. The molecule has 9 nitrogen and oxygen atoms in total. The molecule has 0 saturated carbocycles. The number of carboxylic acids is 1. The fraction of sp³-hybridized carbons (Fsp3) is 0.474. The summed E-state index contributed by atoms with van der Waals surface area (Å²) < 4.78 is 0. The van der Waals surface area contributed by atoms with Gasteiger partial charge in [0.15, 0.2) is 0 Å². The van der Waals surface area contributed by atoms with Crippen LogP contribution in [-0.4, -0.2) is 66.4 Å². The summed E-state index contributed by atoms with van der Waals surface area (Å²) in [5.74, 6) is -2.00. The zero-order valence-electron chi connectivity index (χ0n) is 15.6. The first-order valence-electron chi connectivity index (χ1n) is 9.27. The van der Waals surface area contributed by atoms with Crippen LogP contribution in [0.5, 0.6) is 0 Å². The summed E-state index contributed by atoms with van der Waals surface area (Å²) in [4.78, 5) is 48.8. The highest BCUT2D eigenvalue weighted by Crippen LogP contribution is 2.16. The Hall–Kier alpha value is -2.94. The van der Waals surface area contributed by atoms with Crippen LogP contribution >= 0.6 is 0 Å². The lowest BCUT2D eigenvalue weighted by Crippen LogP contribution is -2.46. The molecule has 9 heteroatoms.